The summed E-state index contributed by atoms with van der Waals surface area (Å²) >= 11 is 0. The molecule has 4 heteroatoms. The molecule has 1 aliphatic heterocycles. The third kappa shape index (κ3) is 4.28. The van der Waals surface area contributed by atoms with Gasteiger partial charge in [0.25, 0.3) is 0 Å². The molecule has 0 aliphatic carbocycles. The van der Waals surface area contributed by atoms with Crippen LogP contribution in [0.15, 0.2) is 176 Å². The van der Waals surface area contributed by atoms with Gasteiger partial charge in [-0.25, -0.2) is 4.98 Å². The standard InChI is InChI=1S/C43H29N2OP/c46-47(33-20-8-3-9-21-33)40-26-14-11-23-35(40)42-34-22-10-13-25-39(34)45(43(42)36-24-12-15-27-41(36)47)32-28-37(30-16-4-1-5-17-30)44-38(29-32)31-18-6-2-7-19-31/h1-29H. The molecule has 1 unspecified atom stereocenters. The number of hydrogen-bond acceptors (Lipinski definition) is 2. The minimum atomic E-state index is -3.27. The molecule has 222 valence electrons. The van der Waals surface area contributed by atoms with Gasteiger partial charge in [0.15, 0.2) is 7.14 Å². The van der Waals surface area contributed by atoms with Gasteiger partial charge in [-0.05, 0) is 23.8 Å². The number of fused-ring (bicyclic) bond motifs is 7. The highest BCUT2D eigenvalue weighted by atomic mass is 31.2. The van der Waals surface area contributed by atoms with Crippen LogP contribution in [0.2, 0.25) is 0 Å². The zero-order chi connectivity index (χ0) is 31.4. The normalized spacial score (nSPS) is 15.0. The minimum Gasteiger partial charge on any atom is -0.309 e. The molecule has 0 bridgehead atoms. The summed E-state index contributed by atoms with van der Waals surface area (Å²) < 4.78 is 18.3. The SMILES string of the molecule is O=P1(c2ccccc2)c2ccccc2-c2c(n(-c3cc(-c4ccccc4)nc(-c4ccccc4)c3)c3ccccc23)-c2ccccc21. The molecular formula is C43H29N2OP. The van der Waals surface area contributed by atoms with E-state index in [1.54, 1.807) is 0 Å². The average molecular weight is 621 g/mol. The number of benzene rings is 6. The van der Waals surface area contributed by atoms with E-state index in [0.717, 1.165) is 77.4 Å². The van der Waals surface area contributed by atoms with Crippen LogP contribution in [0.5, 0.6) is 0 Å². The van der Waals surface area contributed by atoms with E-state index in [1.807, 2.05) is 54.6 Å². The van der Waals surface area contributed by atoms with Gasteiger partial charge in [0, 0.05) is 43.6 Å². The zero-order valence-corrected chi connectivity index (χ0v) is 26.4. The Kier molecular flexibility index (Phi) is 6.41. The first-order valence-electron chi connectivity index (χ1n) is 15.8. The Bertz CT molecular complexity index is 2430. The second kappa shape index (κ2) is 10.9. The van der Waals surface area contributed by atoms with Gasteiger partial charge in [0.05, 0.1) is 28.3 Å². The van der Waals surface area contributed by atoms with Crippen LogP contribution >= 0.6 is 7.14 Å². The molecule has 3 nitrogen and oxygen atoms in total. The quantitative estimate of drug-likeness (QED) is 0.184. The van der Waals surface area contributed by atoms with Gasteiger partial charge in [0.1, 0.15) is 0 Å². The molecule has 0 radical (unpaired) electrons. The number of hydrogen-bond donors (Lipinski definition) is 0. The maximum atomic E-state index is 15.9. The lowest BCUT2D eigenvalue weighted by Crippen LogP contribution is -2.26. The maximum absolute atomic E-state index is 15.9. The monoisotopic (exact) mass is 620 g/mol. The van der Waals surface area contributed by atoms with Crippen LogP contribution in [0, 0.1) is 0 Å². The third-order valence-electron chi connectivity index (χ3n) is 9.21. The van der Waals surface area contributed by atoms with Crippen molar-refractivity contribution in [1.82, 2.24) is 9.55 Å². The summed E-state index contributed by atoms with van der Waals surface area (Å²) in [6.45, 7) is 0. The first-order valence-corrected chi connectivity index (χ1v) is 17.5. The maximum Gasteiger partial charge on any atom is 0.172 e. The topological polar surface area (TPSA) is 34.9 Å². The van der Waals surface area contributed by atoms with E-state index < -0.39 is 7.14 Å². The first kappa shape index (κ1) is 27.5. The molecule has 0 fully saturated rings. The second-order valence-electron chi connectivity index (χ2n) is 11.9. The van der Waals surface area contributed by atoms with Gasteiger partial charge in [-0.3, -0.25) is 0 Å². The van der Waals surface area contributed by atoms with Gasteiger partial charge >= 0.3 is 0 Å². The molecule has 1 atom stereocenters. The summed E-state index contributed by atoms with van der Waals surface area (Å²) in [7, 11) is -3.27. The van der Waals surface area contributed by atoms with Gasteiger partial charge in [-0.1, -0.05) is 158 Å². The molecular weight excluding hydrogens is 591 g/mol. The van der Waals surface area contributed by atoms with Crippen LogP contribution in [0.4, 0.5) is 0 Å². The van der Waals surface area contributed by atoms with E-state index >= 15 is 4.57 Å². The Hall–Kier alpha value is -5.76. The highest BCUT2D eigenvalue weighted by Gasteiger charge is 2.39. The molecule has 47 heavy (non-hydrogen) atoms. The van der Waals surface area contributed by atoms with Crippen molar-refractivity contribution < 1.29 is 4.57 Å². The lowest BCUT2D eigenvalue weighted by atomic mass is 9.98. The number of rotatable bonds is 4. The van der Waals surface area contributed by atoms with E-state index in [4.69, 9.17) is 4.98 Å². The Labute approximate surface area is 273 Å². The fourth-order valence-electron chi connectivity index (χ4n) is 7.15. The molecule has 3 heterocycles. The average Bonchev–Trinajstić information content (AvgIpc) is 3.46. The lowest BCUT2D eigenvalue weighted by Gasteiger charge is -2.22. The smallest absolute Gasteiger partial charge is 0.172 e. The van der Waals surface area contributed by atoms with E-state index in [0.29, 0.717) is 0 Å². The summed E-state index contributed by atoms with van der Waals surface area (Å²) in [4.78, 5) is 5.18. The van der Waals surface area contributed by atoms with E-state index in [1.165, 1.54) is 0 Å². The number of pyridine rings is 1. The molecule has 0 N–H and O–H groups in total. The van der Waals surface area contributed by atoms with Crippen molar-refractivity contribution in [2.24, 2.45) is 0 Å². The van der Waals surface area contributed by atoms with Crippen LogP contribution < -0.4 is 15.9 Å². The molecule has 8 aromatic rings. The number of aromatic nitrogens is 2. The van der Waals surface area contributed by atoms with Gasteiger partial charge < -0.3 is 9.13 Å². The van der Waals surface area contributed by atoms with E-state index in [9.17, 15) is 0 Å². The molecule has 9 rings (SSSR count). The van der Waals surface area contributed by atoms with Crippen molar-refractivity contribution in [3.05, 3.63) is 176 Å². The summed E-state index contributed by atoms with van der Waals surface area (Å²) in [5, 5.41) is 3.67. The first-order chi connectivity index (χ1) is 23.2. The molecule has 0 saturated carbocycles. The number of para-hydroxylation sites is 1. The van der Waals surface area contributed by atoms with Crippen LogP contribution in [0.3, 0.4) is 0 Å². The summed E-state index contributed by atoms with van der Waals surface area (Å²) in [5.74, 6) is 0. The number of nitrogens with zero attached hydrogens (tertiary/aromatic N) is 2. The largest absolute Gasteiger partial charge is 0.309 e. The summed E-state index contributed by atoms with van der Waals surface area (Å²) in [6.07, 6.45) is 0. The van der Waals surface area contributed by atoms with Gasteiger partial charge in [-0.2, -0.15) is 0 Å². The minimum absolute atomic E-state index is 0.836. The van der Waals surface area contributed by atoms with Crippen molar-refractivity contribution in [2.75, 3.05) is 0 Å². The fraction of sp³-hybridized carbons (Fsp3) is 0. The van der Waals surface area contributed by atoms with Crippen molar-refractivity contribution >= 4 is 34.0 Å². The Morgan fingerprint density at radius 3 is 1.62 bits per heavy atom. The zero-order valence-electron chi connectivity index (χ0n) is 25.5. The van der Waals surface area contributed by atoms with E-state index in [2.05, 4.69) is 126 Å². The summed E-state index contributed by atoms with van der Waals surface area (Å²) in [6, 6.07) is 60.2. The molecule has 0 saturated heterocycles. The van der Waals surface area contributed by atoms with Crippen molar-refractivity contribution in [2.45, 2.75) is 0 Å². The van der Waals surface area contributed by atoms with E-state index in [-0.39, 0.29) is 0 Å². The molecule has 0 spiro atoms. The second-order valence-corrected chi connectivity index (χ2v) is 14.6. The van der Waals surface area contributed by atoms with Crippen LogP contribution in [0.25, 0.3) is 61.5 Å². The van der Waals surface area contributed by atoms with Gasteiger partial charge in [-0.15, -0.1) is 0 Å². The molecule has 0 amide bonds. The Balaban J connectivity index is 1.44. The highest BCUT2D eigenvalue weighted by Crippen LogP contribution is 2.54. The summed E-state index contributed by atoms with van der Waals surface area (Å²) in [5.41, 5.74) is 10.1. The lowest BCUT2D eigenvalue weighted by molar-refractivity contribution is 0.592. The molecule has 1 aliphatic rings. The predicted octanol–water partition coefficient (Wildman–Crippen LogP) is 9.65. The van der Waals surface area contributed by atoms with Gasteiger partial charge in [0.2, 0.25) is 0 Å². The Morgan fingerprint density at radius 1 is 0.489 bits per heavy atom. The molecule has 2 aromatic heterocycles. The predicted molar refractivity (Wildman–Crippen MR) is 196 cm³/mol. The fourth-order valence-corrected chi connectivity index (χ4v) is 10.2. The van der Waals surface area contributed by atoms with Crippen LogP contribution in [0.1, 0.15) is 0 Å². The highest BCUT2D eigenvalue weighted by molar-refractivity contribution is 7.85. The van der Waals surface area contributed by atoms with Crippen molar-refractivity contribution in [3.63, 3.8) is 0 Å². The molecule has 6 aromatic carbocycles. The van der Waals surface area contributed by atoms with Crippen molar-refractivity contribution in [1.29, 1.82) is 0 Å². The third-order valence-corrected chi connectivity index (χ3v) is 12.4. The van der Waals surface area contributed by atoms with Crippen LogP contribution in [-0.2, 0) is 4.57 Å². The van der Waals surface area contributed by atoms with Crippen molar-refractivity contribution in [3.8, 4) is 50.6 Å². The Morgan fingerprint density at radius 2 is 0.979 bits per heavy atom. The van der Waals surface area contributed by atoms with Crippen LogP contribution in [-0.4, -0.2) is 9.55 Å².